The van der Waals surface area contributed by atoms with Crippen molar-refractivity contribution in [3.63, 3.8) is 0 Å². The number of hydrogen-bond donors (Lipinski definition) is 1. The second-order valence-electron chi connectivity index (χ2n) is 5.29. The van der Waals surface area contributed by atoms with Crippen molar-refractivity contribution >= 4 is 10.0 Å². The number of halogens is 2. The van der Waals surface area contributed by atoms with Gasteiger partial charge in [0.05, 0.1) is 0 Å². The van der Waals surface area contributed by atoms with Crippen LogP contribution in [0.25, 0.3) is 0 Å². The van der Waals surface area contributed by atoms with Crippen LogP contribution < -0.4 is 5.32 Å². The molecule has 2 aliphatic rings. The zero-order valence-electron chi connectivity index (χ0n) is 10.9. The summed E-state index contributed by atoms with van der Waals surface area (Å²) in [6, 6.07) is 2.26. The summed E-state index contributed by atoms with van der Waals surface area (Å²) in [6.45, 7) is 1.31. The van der Waals surface area contributed by atoms with Crippen LogP contribution in [0, 0.1) is 11.6 Å². The van der Waals surface area contributed by atoms with E-state index in [4.69, 9.17) is 0 Å². The van der Waals surface area contributed by atoms with E-state index < -0.39 is 26.6 Å². The van der Waals surface area contributed by atoms with E-state index in [0.717, 1.165) is 37.6 Å². The molecule has 2 atom stereocenters. The van der Waals surface area contributed by atoms with E-state index in [-0.39, 0.29) is 12.1 Å². The van der Waals surface area contributed by atoms with Gasteiger partial charge in [0, 0.05) is 18.6 Å². The minimum atomic E-state index is -4.00. The number of nitrogens with one attached hydrogen (secondary N) is 1. The maximum atomic E-state index is 13.8. The van der Waals surface area contributed by atoms with Gasteiger partial charge in [-0.15, -0.1) is 0 Å². The van der Waals surface area contributed by atoms with E-state index in [2.05, 4.69) is 5.32 Å². The van der Waals surface area contributed by atoms with Gasteiger partial charge in [-0.3, -0.25) is 0 Å². The van der Waals surface area contributed by atoms with Crippen LogP contribution in [0.2, 0.25) is 0 Å². The lowest BCUT2D eigenvalue weighted by atomic mass is 10.1. The molecule has 0 amide bonds. The maximum absolute atomic E-state index is 13.8. The number of benzene rings is 1. The summed E-state index contributed by atoms with van der Waals surface area (Å²) in [4.78, 5) is -0.559. The Kier molecular flexibility index (Phi) is 3.51. The number of nitrogens with zero attached hydrogens (tertiary/aromatic N) is 1. The Morgan fingerprint density at radius 3 is 2.70 bits per heavy atom. The fourth-order valence-electron chi connectivity index (χ4n) is 3.12. The lowest BCUT2D eigenvalue weighted by Gasteiger charge is -2.27. The van der Waals surface area contributed by atoms with Crippen LogP contribution >= 0.6 is 0 Å². The summed E-state index contributed by atoms with van der Waals surface area (Å²) < 4.78 is 53.8. The largest absolute Gasteiger partial charge is 0.315 e. The van der Waals surface area contributed by atoms with Crippen molar-refractivity contribution in [2.24, 2.45) is 0 Å². The number of fused-ring (bicyclic) bond motifs is 2. The summed E-state index contributed by atoms with van der Waals surface area (Å²) in [5.41, 5.74) is 0. The Morgan fingerprint density at radius 2 is 1.90 bits per heavy atom. The van der Waals surface area contributed by atoms with Gasteiger partial charge < -0.3 is 5.32 Å². The molecule has 2 aliphatic heterocycles. The molecule has 0 radical (unpaired) electrons. The molecule has 2 heterocycles. The first-order valence-corrected chi connectivity index (χ1v) is 8.13. The van der Waals surface area contributed by atoms with E-state index in [1.165, 1.54) is 4.31 Å². The van der Waals surface area contributed by atoms with E-state index >= 15 is 0 Å². The standard InChI is InChI=1S/C13H16F2N2O2S/c14-9-1-4-12(15)13(7-9)20(18,19)17-10-2-3-11(17)8-16-6-5-10/h1,4,7,10-11,16H,2-3,5-6,8H2. The maximum Gasteiger partial charge on any atom is 0.246 e. The average Bonchev–Trinajstić information content (AvgIpc) is 2.66. The highest BCUT2D eigenvalue weighted by Crippen LogP contribution is 2.34. The molecule has 3 rings (SSSR count). The minimum Gasteiger partial charge on any atom is -0.315 e. The molecule has 4 nitrogen and oxygen atoms in total. The molecule has 0 saturated carbocycles. The normalized spacial score (nSPS) is 27.5. The topological polar surface area (TPSA) is 49.4 Å². The highest BCUT2D eigenvalue weighted by molar-refractivity contribution is 7.89. The molecule has 20 heavy (non-hydrogen) atoms. The SMILES string of the molecule is O=S(=O)(c1cc(F)ccc1F)N1C2CCNCC1CC2. The third-order valence-corrected chi connectivity index (χ3v) is 6.06. The molecular formula is C13H16F2N2O2S. The Balaban J connectivity index is 2.05. The van der Waals surface area contributed by atoms with Crippen LogP contribution in [-0.2, 0) is 10.0 Å². The van der Waals surface area contributed by atoms with Crippen molar-refractivity contribution in [1.82, 2.24) is 9.62 Å². The van der Waals surface area contributed by atoms with Gasteiger partial charge >= 0.3 is 0 Å². The van der Waals surface area contributed by atoms with Gasteiger partial charge in [0.25, 0.3) is 0 Å². The van der Waals surface area contributed by atoms with Gasteiger partial charge in [-0.05, 0) is 44.0 Å². The molecule has 0 aromatic heterocycles. The van der Waals surface area contributed by atoms with Crippen LogP contribution in [0.4, 0.5) is 8.78 Å². The van der Waals surface area contributed by atoms with Crippen LogP contribution in [0.15, 0.2) is 23.1 Å². The van der Waals surface area contributed by atoms with Crippen molar-refractivity contribution in [3.05, 3.63) is 29.8 Å². The molecule has 7 heteroatoms. The molecule has 2 saturated heterocycles. The van der Waals surface area contributed by atoms with E-state index in [1.54, 1.807) is 0 Å². The molecule has 0 aliphatic carbocycles. The summed E-state index contributed by atoms with van der Waals surface area (Å²) in [6.07, 6.45) is 2.24. The smallest absolute Gasteiger partial charge is 0.246 e. The Morgan fingerprint density at radius 1 is 1.15 bits per heavy atom. The fourth-order valence-corrected chi connectivity index (χ4v) is 5.10. The molecular weight excluding hydrogens is 286 g/mol. The van der Waals surface area contributed by atoms with Crippen LogP contribution in [-0.4, -0.2) is 37.9 Å². The van der Waals surface area contributed by atoms with Gasteiger partial charge in [0.1, 0.15) is 16.5 Å². The first-order valence-electron chi connectivity index (χ1n) is 6.69. The predicted octanol–water partition coefficient (Wildman–Crippen LogP) is 1.48. The second kappa shape index (κ2) is 5.05. The molecule has 2 unspecified atom stereocenters. The van der Waals surface area contributed by atoms with Gasteiger partial charge in [-0.2, -0.15) is 4.31 Å². The first kappa shape index (κ1) is 13.9. The Bertz CT molecular complexity index is 607. The summed E-state index contributed by atoms with van der Waals surface area (Å²) in [5, 5.41) is 3.18. The first-order chi connectivity index (χ1) is 9.50. The second-order valence-corrected chi connectivity index (χ2v) is 7.10. The Hall–Kier alpha value is -1.05. The number of rotatable bonds is 2. The summed E-state index contributed by atoms with van der Waals surface area (Å²) in [5.74, 6) is -1.65. The van der Waals surface area contributed by atoms with Gasteiger partial charge in [-0.25, -0.2) is 17.2 Å². The van der Waals surface area contributed by atoms with Crippen molar-refractivity contribution in [2.45, 2.75) is 36.2 Å². The summed E-state index contributed by atoms with van der Waals surface area (Å²) >= 11 is 0. The van der Waals surface area contributed by atoms with Crippen molar-refractivity contribution < 1.29 is 17.2 Å². The number of sulfonamides is 1. The third kappa shape index (κ3) is 2.23. The lowest BCUT2D eigenvalue weighted by Crippen LogP contribution is -2.42. The van der Waals surface area contributed by atoms with E-state index in [0.29, 0.717) is 13.0 Å². The Labute approximate surface area is 116 Å². The lowest BCUT2D eigenvalue weighted by molar-refractivity contribution is 0.332. The van der Waals surface area contributed by atoms with Crippen LogP contribution in [0.1, 0.15) is 19.3 Å². The third-order valence-electron chi connectivity index (χ3n) is 4.04. The predicted molar refractivity (Wildman–Crippen MR) is 69.7 cm³/mol. The number of hydrogen-bond acceptors (Lipinski definition) is 3. The van der Waals surface area contributed by atoms with Crippen molar-refractivity contribution in [1.29, 1.82) is 0 Å². The molecule has 2 fully saturated rings. The molecule has 110 valence electrons. The molecule has 1 aromatic carbocycles. The molecule has 1 aromatic rings. The fraction of sp³-hybridized carbons (Fsp3) is 0.538. The van der Waals surface area contributed by atoms with Gasteiger partial charge in [-0.1, -0.05) is 0 Å². The van der Waals surface area contributed by atoms with Crippen molar-refractivity contribution in [3.8, 4) is 0 Å². The van der Waals surface area contributed by atoms with Gasteiger partial charge in [0.15, 0.2) is 0 Å². The molecule has 2 bridgehead atoms. The minimum absolute atomic E-state index is 0.123. The van der Waals surface area contributed by atoms with Crippen molar-refractivity contribution in [2.75, 3.05) is 13.1 Å². The summed E-state index contributed by atoms with van der Waals surface area (Å²) in [7, 11) is -4.00. The quantitative estimate of drug-likeness (QED) is 0.900. The monoisotopic (exact) mass is 302 g/mol. The zero-order chi connectivity index (χ0) is 14.3. The van der Waals surface area contributed by atoms with Crippen LogP contribution in [0.3, 0.4) is 0 Å². The van der Waals surface area contributed by atoms with Crippen LogP contribution in [0.5, 0.6) is 0 Å². The zero-order valence-corrected chi connectivity index (χ0v) is 11.7. The average molecular weight is 302 g/mol. The highest BCUT2D eigenvalue weighted by Gasteiger charge is 2.43. The van der Waals surface area contributed by atoms with E-state index in [9.17, 15) is 17.2 Å². The molecule has 1 N–H and O–H groups in total. The van der Waals surface area contributed by atoms with E-state index in [1.807, 2.05) is 0 Å². The highest BCUT2D eigenvalue weighted by atomic mass is 32.2. The molecule has 0 spiro atoms. The van der Waals surface area contributed by atoms with Gasteiger partial charge in [0.2, 0.25) is 10.0 Å².